The van der Waals surface area contributed by atoms with E-state index in [1.165, 1.54) is 0 Å². The lowest BCUT2D eigenvalue weighted by Crippen LogP contribution is -2.22. The highest BCUT2D eigenvalue weighted by atomic mass is 16.3. The Hall–Kier alpha value is -3.60. The summed E-state index contributed by atoms with van der Waals surface area (Å²) in [5.74, 6) is -0.426. The van der Waals surface area contributed by atoms with Crippen LogP contribution >= 0.6 is 0 Å². The summed E-state index contributed by atoms with van der Waals surface area (Å²) in [6.45, 7) is 2.23. The Bertz CT molecular complexity index is 951. The van der Waals surface area contributed by atoms with Crippen LogP contribution in [0.4, 0.5) is 5.69 Å². The minimum absolute atomic E-state index is 0.0311. The zero-order valence-electron chi connectivity index (χ0n) is 14.9. The number of phenolic OH excluding ortho intramolecular Hbond substituents is 1. The number of benzene rings is 3. The van der Waals surface area contributed by atoms with E-state index in [-0.39, 0.29) is 17.6 Å². The molecule has 0 saturated heterocycles. The normalized spacial score (nSPS) is 10.3. The van der Waals surface area contributed by atoms with Gasteiger partial charge in [0.2, 0.25) is 0 Å². The van der Waals surface area contributed by atoms with Crippen molar-refractivity contribution >= 4 is 17.5 Å². The van der Waals surface area contributed by atoms with Crippen LogP contribution in [0.25, 0.3) is 0 Å². The second-order valence-electron chi connectivity index (χ2n) is 6.22. The van der Waals surface area contributed by atoms with Crippen molar-refractivity contribution in [2.24, 2.45) is 0 Å². The monoisotopic (exact) mass is 360 g/mol. The summed E-state index contributed by atoms with van der Waals surface area (Å²) in [4.78, 5) is 24.4. The summed E-state index contributed by atoms with van der Waals surface area (Å²) in [7, 11) is 0. The number of amides is 2. The van der Waals surface area contributed by atoms with Gasteiger partial charge in [-0.25, -0.2) is 0 Å². The zero-order valence-corrected chi connectivity index (χ0v) is 14.9. The number of phenols is 1. The van der Waals surface area contributed by atoms with Crippen LogP contribution in [0.15, 0.2) is 72.8 Å². The predicted octanol–water partition coefficient (Wildman–Crippen LogP) is 3.88. The first kappa shape index (κ1) is 18.2. The highest BCUT2D eigenvalue weighted by molar-refractivity contribution is 6.05. The maximum atomic E-state index is 12.3. The molecule has 0 bridgehead atoms. The van der Waals surface area contributed by atoms with Gasteiger partial charge in [-0.3, -0.25) is 9.59 Å². The minimum Gasteiger partial charge on any atom is -0.506 e. The van der Waals surface area contributed by atoms with Gasteiger partial charge in [0.1, 0.15) is 5.75 Å². The average molecular weight is 360 g/mol. The van der Waals surface area contributed by atoms with Gasteiger partial charge in [0.25, 0.3) is 11.8 Å². The van der Waals surface area contributed by atoms with Gasteiger partial charge in [0, 0.05) is 17.7 Å². The molecule has 136 valence electrons. The summed E-state index contributed by atoms with van der Waals surface area (Å²) in [6, 6.07) is 21.0. The van der Waals surface area contributed by atoms with Crippen LogP contribution in [-0.4, -0.2) is 16.9 Å². The van der Waals surface area contributed by atoms with Gasteiger partial charge in [-0.1, -0.05) is 36.4 Å². The number of aromatic hydroxyl groups is 1. The summed E-state index contributed by atoms with van der Waals surface area (Å²) < 4.78 is 0. The molecule has 3 aromatic rings. The van der Waals surface area contributed by atoms with E-state index in [0.29, 0.717) is 23.4 Å². The van der Waals surface area contributed by atoms with Crippen molar-refractivity contribution in [1.29, 1.82) is 0 Å². The Morgan fingerprint density at radius 2 is 1.52 bits per heavy atom. The van der Waals surface area contributed by atoms with Gasteiger partial charge in [-0.2, -0.15) is 0 Å². The molecule has 2 amide bonds. The van der Waals surface area contributed by atoms with Gasteiger partial charge in [-0.05, 0) is 54.4 Å². The van der Waals surface area contributed by atoms with Crippen molar-refractivity contribution in [3.8, 4) is 5.75 Å². The Balaban J connectivity index is 1.59. The Kier molecular flexibility index (Phi) is 5.52. The van der Waals surface area contributed by atoms with E-state index in [0.717, 1.165) is 11.1 Å². The molecule has 5 heteroatoms. The molecule has 0 aliphatic heterocycles. The maximum Gasteiger partial charge on any atom is 0.255 e. The smallest absolute Gasteiger partial charge is 0.255 e. The standard InChI is InChI=1S/C22H20N2O3/c1-15-7-12-19(20(25)13-15)24-22(27)18-10-8-16(9-11-18)14-23-21(26)17-5-3-2-4-6-17/h2-13,25H,14H2,1H3,(H,23,26)(H,24,27). The Morgan fingerprint density at radius 1 is 0.852 bits per heavy atom. The van der Waals surface area contributed by atoms with Gasteiger partial charge in [-0.15, -0.1) is 0 Å². The van der Waals surface area contributed by atoms with E-state index in [2.05, 4.69) is 10.6 Å². The highest BCUT2D eigenvalue weighted by Gasteiger charge is 2.09. The van der Waals surface area contributed by atoms with E-state index in [4.69, 9.17) is 0 Å². The van der Waals surface area contributed by atoms with E-state index in [1.807, 2.05) is 31.2 Å². The molecule has 0 aromatic heterocycles. The SMILES string of the molecule is Cc1ccc(NC(=O)c2ccc(CNC(=O)c3ccccc3)cc2)c(O)c1. The van der Waals surface area contributed by atoms with Crippen LogP contribution in [0.2, 0.25) is 0 Å². The van der Waals surface area contributed by atoms with E-state index in [9.17, 15) is 14.7 Å². The number of carbonyl (C=O) groups excluding carboxylic acids is 2. The molecule has 0 aliphatic carbocycles. The summed E-state index contributed by atoms with van der Waals surface area (Å²) in [6.07, 6.45) is 0. The van der Waals surface area contributed by atoms with Gasteiger partial charge < -0.3 is 15.7 Å². The van der Waals surface area contributed by atoms with Crippen molar-refractivity contribution in [2.45, 2.75) is 13.5 Å². The summed E-state index contributed by atoms with van der Waals surface area (Å²) in [5.41, 5.74) is 3.23. The topological polar surface area (TPSA) is 78.4 Å². The lowest BCUT2D eigenvalue weighted by atomic mass is 10.1. The molecule has 0 saturated carbocycles. The maximum absolute atomic E-state index is 12.3. The number of nitrogens with one attached hydrogen (secondary N) is 2. The second kappa shape index (κ2) is 8.19. The lowest BCUT2D eigenvalue weighted by Gasteiger charge is -2.09. The van der Waals surface area contributed by atoms with Crippen molar-refractivity contribution in [2.75, 3.05) is 5.32 Å². The fraction of sp³-hybridized carbons (Fsp3) is 0.0909. The average Bonchev–Trinajstić information content (AvgIpc) is 2.69. The summed E-state index contributed by atoms with van der Waals surface area (Å²) in [5, 5.41) is 15.4. The number of aryl methyl sites for hydroxylation is 1. The minimum atomic E-state index is -0.311. The van der Waals surface area contributed by atoms with Crippen LogP contribution in [-0.2, 0) is 6.54 Å². The zero-order chi connectivity index (χ0) is 19.2. The van der Waals surface area contributed by atoms with Gasteiger partial charge in [0.05, 0.1) is 5.69 Å². The third-order valence-corrected chi connectivity index (χ3v) is 4.11. The third-order valence-electron chi connectivity index (χ3n) is 4.11. The Labute approximate surface area is 157 Å². The second-order valence-corrected chi connectivity index (χ2v) is 6.22. The molecule has 0 unspecified atom stereocenters. The largest absolute Gasteiger partial charge is 0.506 e. The van der Waals surface area contributed by atoms with Crippen molar-refractivity contribution in [3.05, 3.63) is 95.1 Å². The predicted molar refractivity (Wildman–Crippen MR) is 105 cm³/mol. The lowest BCUT2D eigenvalue weighted by molar-refractivity contribution is 0.0950. The van der Waals surface area contributed by atoms with E-state index in [1.54, 1.807) is 48.5 Å². The highest BCUT2D eigenvalue weighted by Crippen LogP contribution is 2.24. The number of carbonyl (C=O) groups is 2. The molecule has 0 atom stereocenters. The first-order valence-electron chi connectivity index (χ1n) is 8.56. The van der Waals surface area contributed by atoms with Gasteiger partial charge >= 0.3 is 0 Å². The van der Waals surface area contributed by atoms with Crippen molar-refractivity contribution in [1.82, 2.24) is 5.32 Å². The molecule has 0 heterocycles. The van der Waals surface area contributed by atoms with Crippen LogP contribution in [0.1, 0.15) is 31.8 Å². The molecular formula is C22H20N2O3. The first-order chi connectivity index (χ1) is 13.0. The van der Waals surface area contributed by atoms with Crippen molar-refractivity contribution < 1.29 is 14.7 Å². The number of anilines is 1. The van der Waals surface area contributed by atoms with Crippen LogP contribution < -0.4 is 10.6 Å². The van der Waals surface area contributed by atoms with Crippen LogP contribution in [0, 0.1) is 6.92 Å². The van der Waals surface area contributed by atoms with Gasteiger partial charge in [0.15, 0.2) is 0 Å². The number of hydrogen-bond donors (Lipinski definition) is 3. The first-order valence-corrected chi connectivity index (χ1v) is 8.56. The summed E-state index contributed by atoms with van der Waals surface area (Å²) >= 11 is 0. The van der Waals surface area contributed by atoms with E-state index >= 15 is 0 Å². The Morgan fingerprint density at radius 3 is 2.19 bits per heavy atom. The molecule has 3 N–H and O–H groups in total. The van der Waals surface area contributed by atoms with Crippen LogP contribution in [0.5, 0.6) is 5.75 Å². The van der Waals surface area contributed by atoms with Crippen molar-refractivity contribution in [3.63, 3.8) is 0 Å². The quantitative estimate of drug-likeness (QED) is 0.604. The number of rotatable bonds is 5. The fourth-order valence-electron chi connectivity index (χ4n) is 2.59. The molecule has 3 rings (SSSR count). The number of hydrogen-bond acceptors (Lipinski definition) is 3. The third kappa shape index (κ3) is 4.73. The molecule has 0 spiro atoms. The molecule has 0 fully saturated rings. The molecular weight excluding hydrogens is 340 g/mol. The van der Waals surface area contributed by atoms with Crippen LogP contribution in [0.3, 0.4) is 0 Å². The molecule has 27 heavy (non-hydrogen) atoms. The molecule has 5 nitrogen and oxygen atoms in total. The fourth-order valence-corrected chi connectivity index (χ4v) is 2.59. The molecule has 0 aliphatic rings. The van der Waals surface area contributed by atoms with E-state index < -0.39 is 0 Å². The molecule has 0 radical (unpaired) electrons. The molecule has 3 aromatic carbocycles.